The molecule has 212 valence electrons. The Labute approximate surface area is 244 Å². The number of aryl methyl sites for hydroxylation is 2. The van der Waals surface area contributed by atoms with Gasteiger partial charge < -0.3 is 34.1 Å². The molecule has 0 spiro atoms. The minimum atomic E-state index is 0. The van der Waals surface area contributed by atoms with Crippen molar-refractivity contribution in [3.8, 4) is 11.5 Å². The highest BCUT2D eigenvalue weighted by atomic mass is 32.1. The van der Waals surface area contributed by atoms with Gasteiger partial charge in [-0.25, -0.2) is 9.13 Å². The Bertz CT molecular complexity index is 1350. The van der Waals surface area contributed by atoms with Crippen LogP contribution in [0.4, 0.5) is 33.0 Å². The number of methoxy groups -OCH3 is 2. The van der Waals surface area contributed by atoms with Crippen LogP contribution in [-0.4, -0.2) is 40.4 Å². The molecule has 2 aromatic heterocycles. The first-order valence-corrected chi connectivity index (χ1v) is 13.9. The average molecular weight is 581 g/mol. The molecule has 2 aromatic carbocycles. The maximum Gasteiger partial charge on any atom is 0.408 e. The summed E-state index contributed by atoms with van der Waals surface area (Å²) in [5, 5.41) is 23.1. The smallest absolute Gasteiger partial charge is 0.408 e. The van der Waals surface area contributed by atoms with Crippen molar-refractivity contribution in [1.29, 1.82) is 0 Å². The van der Waals surface area contributed by atoms with Gasteiger partial charge in [-0.3, -0.25) is 0 Å². The van der Waals surface area contributed by atoms with Crippen LogP contribution >= 0.6 is 22.7 Å². The van der Waals surface area contributed by atoms with Gasteiger partial charge in [-0.1, -0.05) is 0 Å². The first kappa shape index (κ1) is 30.6. The molecule has 0 N–H and O–H groups in total. The van der Waals surface area contributed by atoms with Crippen LogP contribution in [-0.2, 0) is 14.1 Å². The second-order valence-corrected chi connectivity index (χ2v) is 10.4. The summed E-state index contributed by atoms with van der Waals surface area (Å²) < 4.78 is 15.3. The first-order valence-electron chi connectivity index (χ1n) is 12.1. The lowest BCUT2D eigenvalue weighted by atomic mass is 10.2. The van der Waals surface area contributed by atoms with Gasteiger partial charge in [0, 0.05) is 49.1 Å². The molecule has 0 atom stereocenters. The number of anilines is 2. The standard InChI is InChI=1S/C26H30N8O2S2.2CH3/c1-31-13-15-37-25(31)29-27-19-5-7-21(23(17-19)35-3)33-9-11-34(12-10-33)22-8-6-20(18-24(22)36-4)28-30-26-32(2)14-16-38-26;;/h5-8,13-18H,9-12H2,1-4H3;2*1H3/q+2;2*-1. The van der Waals surface area contributed by atoms with Crippen molar-refractivity contribution in [2.75, 3.05) is 50.2 Å². The Morgan fingerprint density at radius 1 is 0.650 bits per heavy atom. The van der Waals surface area contributed by atoms with Gasteiger partial charge in [-0.05, 0) is 57.2 Å². The molecule has 10 nitrogen and oxygen atoms in total. The van der Waals surface area contributed by atoms with E-state index >= 15 is 0 Å². The van der Waals surface area contributed by atoms with Gasteiger partial charge in [0.1, 0.15) is 35.3 Å². The Balaban J connectivity index is 0.00000220. The van der Waals surface area contributed by atoms with Crippen LogP contribution in [0.3, 0.4) is 0 Å². The molecular formula is C28H36N8O2S2. The van der Waals surface area contributed by atoms with E-state index in [0.717, 1.165) is 70.7 Å². The van der Waals surface area contributed by atoms with E-state index in [1.165, 1.54) is 0 Å². The van der Waals surface area contributed by atoms with Crippen LogP contribution in [0, 0.1) is 14.9 Å². The van der Waals surface area contributed by atoms with Crippen molar-refractivity contribution < 1.29 is 18.6 Å². The fourth-order valence-corrected chi connectivity index (χ4v) is 5.58. The number of ether oxygens (including phenoxy) is 2. The molecule has 0 amide bonds. The van der Waals surface area contributed by atoms with Crippen molar-refractivity contribution in [3.63, 3.8) is 0 Å². The summed E-state index contributed by atoms with van der Waals surface area (Å²) in [6.07, 6.45) is 3.92. The monoisotopic (exact) mass is 580 g/mol. The quantitative estimate of drug-likeness (QED) is 0.135. The number of azo groups is 2. The second kappa shape index (κ2) is 13.9. The van der Waals surface area contributed by atoms with Crippen molar-refractivity contribution in [2.45, 2.75) is 0 Å². The summed E-state index contributed by atoms with van der Waals surface area (Å²) in [6.45, 7) is 3.40. The summed E-state index contributed by atoms with van der Waals surface area (Å²) in [5.74, 6) is 1.58. The highest BCUT2D eigenvalue weighted by Crippen LogP contribution is 2.36. The third-order valence-corrected chi connectivity index (χ3v) is 7.99. The molecule has 1 aliphatic rings. The topological polar surface area (TPSA) is 82.1 Å². The van der Waals surface area contributed by atoms with Gasteiger partial charge in [0.15, 0.2) is 0 Å². The van der Waals surface area contributed by atoms with Crippen LogP contribution in [0.1, 0.15) is 0 Å². The van der Waals surface area contributed by atoms with Crippen LogP contribution < -0.4 is 28.4 Å². The highest BCUT2D eigenvalue weighted by Gasteiger charge is 2.23. The van der Waals surface area contributed by atoms with Crippen molar-refractivity contribution in [3.05, 3.63) is 74.4 Å². The van der Waals surface area contributed by atoms with Gasteiger partial charge >= 0.3 is 10.3 Å². The largest absolute Gasteiger partial charge is 0.495 e. The van der Waals surface area contributed by atoms with E-state index in [9.17, 15) is 0 Å². The molecule has 1 aliphatic heterocycles. The maximum atomic E-state index is 5.72. The van der Waals surface area contributed by atoms with Gasteiger partial charge in [0.05, 0.1) is 49.9 Å². The Kier molecular flexibility index (Phi) is 10.7. The molecule has 0 bridgehead atoms. The fourth-order valence-electron chi connectivity index (χ4n) is 4.22. The summed E-state index contributed by atoms with van der Waals surface area (Å²) in [4.78, 5) is 4.68. The zero-order valence-corrected chi connectivity index (χ0v) is 25.4. The number of thiazole rings is 2. The van der Waals surface area contributed by atoms with E-state index in [-0.39, 0.29) is 14.9 Å². The number of aromatic nitrogens is 2. The summed E-state index contributed by atoms with van der Waals surface area (Å²) in [6, 6.07) is 12.0. The normalized spacial score (nSPS) is 13.4. The third-order valence-electron chi connectivity index (χ3n) is 6.31. The first-order chi connectivity index (χ1) is 18.6. The zero-order valence-electron chi connectivity index (χ0n) is 23.8. The molecule has 1 saturated heterocycles. The Morgan fingerprint density at radius 2 is 1.05 bits per heavy atom. The molecule has 5 rings (SSSR count). The lowest BCUT2D eigenvalue weighted by molar-refractivity contribution is -0.654. The van der Waals surface area contributed by atoms with E-state index in [2.05, 4.69) is 42.4 Å². The Hall–Kier alpha value is -3.90. The number of piperazine rings is 1. The summed E-state index contributed by atoms with van der Waals surface area (Å²) in [5.41, 5.74) is 3.62. The summed E-state index contributed by atoms with van der Waals surface area (Å²) >= 11 is 3.10. The zero-order chi connectivity index (χ0) is 26.5. The lowest BCUT2D eigenvalue weighted by Crippen LogP contribution is -2.46. The molecule has 40 heavy (non-hydrogen) atoms. The predicted molar refractivity (Wildman–Crippen MR) is 163 cm³/mol. The molecule has 3 heterocycles. The van der Waals surface area contributed by atoms with E-state index in [1.807, 2.05) is 70.6 Å². The van der Waals surface area contributed by atoms with Gasteiger partial charge in [0.2, 0.25) is 0 Å². The third kappa shape index (κ3) is 6.80. The molecule has 0 radical (unpaired) electrons. The van der Waals surface area contributed by atoms with Crippen molar-refractivity contribution in [1.82, 2.24) is 0 Å². The number of hydrogen-bond donors (Lipinski definition) is 0. The predicted octanol–water partition coefficient (Wildman–Crippen LogP) is 6.53. The molecule has 4 aromatic rings. The van der Waals surface area contributed by atoms with Gasteiger partial charge in [-0.15, -0.1) is 0 Å². The van der Waals surface area contributed by atoms with Crippen LogP contribution in [0.15, 0.2) is 80.0 Å². The second-order valence-electron chi connectivity index (χ2n) is 8.68. The lowest BCUT2D eigenvalue weighted by Gasteiger charge is -2.38. The highest BCUT2D eigenvalue weighted by molar-refractivity contribution is 7.13. The van der Waals surface area contributed by atoms with Crippen LogP contribution in [0.25, 0.3) is 0 Å². The molecule has 12 heteroatoms. The average Bonchev–Trinajstić information content (AvgIpc) is 3.57. The maximum absolute atomic E-state index is 5.72. The molecule has 0 aliphatic carbocycles. The van der Waals surface area contributed by atoms with E-state index in [1.54, 1.807) is 36.9 Å². The van der Waals surface area contributed by atoms with E-state index < -0.39 is 0 Å². The van der Waals surface area contributed by atoms with Crippen LogP contribution in [0.2, 0.25) is 0 Å². The molecule has 1 fully saturated rings. The fraction of sp³-hybridized carbons (Fsp3) is 0.286. The Morgan fingerprint density at radius 3 is 1.38 bits per heavy atom. The van der Waals surface area contributed by atoms with Gasteiger partial charge in [-0.2, -0.15) is 0 Å². The molecular weight excluding hydrogens is 544 g/mol. The van der Waals surface area contributed by atoms with Gasteiger partial charge in [0.25, 0.3) is 0 Å². The molecule has 0 unspecified atom stereocenters. The SMILES string of the molecule is COc1cc(N=Nc2scc[n+]2C)ccc1N1CCN(c2ccc(N=Nc3scc[n+]3C)cc2OC)CC1.[CH3-].[CH3-]. The minimum Gasteiger partial charge on any atom is -0.495 e. The number of hydrogen-bond acceptors (Lipinski definition) is 10. The minimum absolute atomic E-state index is 0. The van der Waals surface area contributed by atoms with Crippen molar-refractivity contribution >= 4 is 55.7 Å². The van der Waals surface area contributed by atoms with Crippen molar-refractivity contribution in [2.24, 2.45) is 34.6 Å². The van der Waals surface area contributed by atoms with E-state index in [4.69, 9.17) is 9.47 Å². The van der Waals surface area contributed by atoms with Crippen LogP contribution in [0.5, 0.6) is 11.5 Å². The number of benzene rings is 2. The number of nitrogens with zero attached hydrogens (tertiary/aromatic N) is 8. The summed E-state index contributed by atoms with van der Waals surface area (Å²) in [7, 11) is 7.29. The molecule has 0 saturated carbocycles. The number of rotatable bonds is 8. The van der Waals surface area contributed by atoms with E-state index in [0.29, 0.717) is 0 Å².